The van der Waals surface area contributed by atoms with Gasteiger partial charge in [-0.1, -0.05) is 6.07 Å². The van der Waals surface area contributed by atoms with E-state index in [1.165, 1.54) is 6.92 Å². The smallest absolute Gasteiger partial charge is 0.359 e. The number of hydrogen-bond acceptors (Lipinski definition) is 6. The molecule has 138 valence electrons. The van der Waals surface area contributed by atoms with Gasteiger partial charge in [0.05, 0.1) is 0 Å². The number of benzene rings is 1. The summed E-state index contributed by atoms with van der Waals surface area (Å²) in [6.07, 6.45) is 0.601. The van der Waals surface area contributed by atoms with Gasteiger partial charge < -0.3 is 23.9 Å². The van der Waals surface area contributed by atoms with Crippen LogP contribution >= 0.6 is 0 Å². The van der Waals surface area contributed by atoms with Crippen molar-refractivity contribution in [3.8, 4) is 11.5 Å². The number of aryl methyl sites for hydroxylation is 1. The number of hydrogen-bond donors (Lipinski definition) is 1. The molecule has 4 rings (SSSR count). The Morgan fingerprint density at radius 1 is 1.22 bits per heavy atom. The number of amides is 1. The first-order valence-electron chi connectivity index (χ1n) is 8.37. The van der Waals surface area contributed by atoms with E-state index in [2.05, 4.69) is 10.3 Å². The second kappa shape index (κ2) is 6.64. The molecule has 8 nitrogen and oxygen atoms in total. The van der Waals surface area contributed by atoms with E-state index in [9.17, 15) is 9.59 Å². The summed E-state index contributed by atoms with van der Waals surface area (Å²) in [4.78, 5) is 28.9. The Bertz CT molecular complexity index is 1040. The average molecular weight is 367 g/mol. The highest BCUT2D eigenvalue weighted by atomic mass is 16.7. The normalized spacial score (nSPS) is 13.4. The summed E-state index contributed by atoms with van der Waals surface area (Å²) in [5, 5.41) is 2.69. The number of nitrogens with zero attached hydrogens (tertiary/aromatic N) is 2. The molecule has 1 aliphatic rings. The molecule has 1 aliphatic heterocycles. The molecule has 3 heterocycles. The average Bonchev–Trinajstić information content (AvgIpc) is 3.28. The van der Waals surface area contributed by atoms with Gasteiger partial charge >= 0.3 is 5.97 Å². The van der Waals surface area contributed by atoms with Gasteiger partial charge in [0.25, 0.3) is 5.91 Å². The number of carbonyl (C=O) groups excluding carboxylic acids is 2. The maximum absolute atomic E-state index is 12.3. The van der Waals surface area contributed by atoms with Crippen LogP contribution in [0.3, 0.4) is 0 Å². The zero-order valence-electron chi connectivity index (χ0n) is 14.8. The SMILES string of the molecule is Cc1cccc2nc(C(=O)OC(C)C(=O)Nc3ccc4c(c3)OCO4)cn12. The van der Waals surface area contributed by atoms with E-state index in [0.717, 1.165) is 5.69 Å². The first-order valence-corrected chi connectivity index (χ1v) is 8.37. The van der Waals surface area contributed by atoms with Gasteiger partial charge in [0, 0.05) is 23.6 Å². The molecule has 8 heteroatoms. The van der Waals surface area contributed by atoms with Crippen LogP contribution in [0, 0.1) is 6.92 Å². The standard InChI is InChI=1S/C19H17N3O5/c1-11-4-3-5-17-21-14(9-22(11)17)19(24)27-12(2)18(23)20-13-6-7-15-16(8-13)26-10-25-15/h3-9,12H,10H2,1-2H3,(H,20,23). The van der Waals surface area contributed by atoms with E-state index in [4.69, 9.17) is 14.2 Å². The van der Waals surface area contributed by atoms with Crippen molar-refractivity contribution < 1.29 is 23.8 Å². The fourth-order valence-corrected chi connectivity index (χ4v) is 2.74. The van der Waals surface area contributed by atoms with Crippen molar-refractivity contribution in [2.45, 2.75) is 20.0 Å². The molecule has 0 bridgehead atoms. The summed E-state index contributed by atoms with van der Waals surface area (Å²) >= 11 is 0. The lowest BCUT2D eigenvalue weighted by atomic mass is 10.2. The third-order valence-electron chi connectivity index (χ3n) is 4.20. The van der Waals surface area contributed by atoms with Gasteiger partial charge in [-0.15, -0.1) is 0 Å². The summed E-state index contributed by atoms with van der Waals surface area (Å²) in [7, 11) is 0. The second-order valence-electron chi connectivity index (χ2n) is 6.13. The lowest BCUT2D eigenvalue weighted by Gasteiger charge is -2.13. The number of imidazole rings is 1. The predicted octanol–water partition coefficient (Wildman–Crippen LogP) is 2.56. The second-order valence-corrected chi connectivity index (χ2v) is 6.13. The number of esters is 1. The van der Waals surface area contributed by atoms with Gasteiger partial charge in [-0.25, -0.2) is 9.78 Å². The van der Waals surface area contributed by atoms with Crippen molar-refractivity contribution >= 4 is 23.2 Å². The minimum atomic E-state index is -0.992. The van der Waals surface area contributed by atoms with E-state index >= 15 is 0 Å². The van der Waals surface area contributed by atoms with Crippen LogP contribution in [0.25, 0.3) is 5.65 Å². The lowest BCUT2D eigenvalue weighted by Crippen LogP contribution is -2.30. The maximum Gasteiger partial charge on any atom is 0.359 e. The van der Waals surface area contributed by atoms with E-state index in [-0.39, 0.29) is 12.5 Å². The molecule has 1 unspecified atom stereocenters. The molecule has 0 saturated heterocycles. The minimum absolute atomic E-state index is 0.145. The number of nitrogens with one attached hydrogen (secondary N) is 1. The monoisotopic (exact) mass is 367 g/mol. The molecule has 1 aromatic carbocycles. The van der Waals surface area contributed by atoms with Crippen LogP contribution in [0.15, 0.2) is 42.6 Å². The highest BCUT2D eigenvalue weighted by molar-refractivity contribution is 5.97. The first-order chi connectivity index (χ1) is 13.0. The van der Waals surface area contributed by atoms with Gasteiger partial charge in [0.2, 0.25) is 6.79 Å². The highest BCUT2D eigenvalue weighted by Gasteiger charge is 2.22. The van der Waals surface area contributed by atoms with Gasteiger partial charge in [-0.3, -0.25) is 4.79 Å². The summed E-state index contributed by atoms with van der Waals surface area (Å²) in [6, 6.07) is 10.6. The molecule has 3 aromatic rings. The van der Waals surface area contributed by atoms with Gasteiger partial charge in [-0.05, 0) is 38.1 Å². The minimum Gasteiger partial charge on any atom is -0.454 e. The fourth-order valence-electron chi connectivity index (χ4n) is 2.74. The molecule has 0 aliphatic carbocycles. The van der Waals surface area contributed by atoms with Crippen molar-refractivity contribution in [1.29, 1.82) is 0 Å². The molecular formula is C19H17N3O5. The summed E-state index contributed by atoms with van der Waals surface area (Å²) < 4.78 is 17.5. The maximum atomic E-state index is 12.3. The van der Waals surface area contributed by atoms with Crippen LogP contribution in [0.5, 0.6) is 11.5 Å². The predicted molar refractivity (Wildman–Crippen MR) is 96.0 cm³/mol. The Balaban J connectivity index is 1.42. The van der Waals surface area contributed by atoms with E-state index < -0.39 is 18.0 Å². The van der Waals surface area contributed by atoms with Crippen LogP contribution in [-0.4, -0.2) is 34.2 Å². The van der Waals surface area contributed by atoms with Crippen LogP contribution in [-0.2, 0) is 9.53 Å². The largest absolute Gasteiger partial charge is 0.454 e. The van der Waals surface area contributed by atoms with Crippen molar-refractivity contribution in [3.63, 3.8) is 0 Å². The van der Waals surface area contributed by atoms with Crippen LogP contribution in [0.2, 0.25) is 0 Å². The molecular weight excluding hydrogens is 350 g/mol. The van der Waals surface area contributed by atoms with Crippen molar-refractivity contribution in [2.24, 2.45) is 0 Å². The molecule has 1 amide bonds. The van der Waals surface area contributed by atoms with Crippen LogP contribution in [0.1, 0.15) is 23.1 Å². The molecule has 0 spiro atoms. The third-order valence-corrected chi connectivity index (χ3v) is 4.20. The fraction of sp³-hybridized carbons (Fsp3) is 0.211. The number of ether oxygens (including phenoxy) is 3. The summed E-state index contributed by atoms with van der Waals surface area (Å²) in [6.45, 7) is 3.56. The van der Waals surface area contributed by atoms with Crippen LogP contribution in [0.4, 0.5) is 5.69 Å². The zero-order chi connectivity index (χ0) is 19.0. The van der Waals surface area contributed by atoms with E-state index in [1.54, 1.807) is 34.9 Å². The quantitative estimate of drug-likeness (QED) is 0.713. The van der Waals surface area contributed by atoms with Gasteiger partial charge in [-0.2, -0.15) is 0 Å². The summed E-state index contributed by atoms with van der Waals surface area (Å²) in [5.41, 5.74) is 2.24. The van der Waals surface area contributed by atoms with E-state index in [0.29, 0.717) is 22.8 Å². The van der Waals surface area contributed by atoms with Crippen LogP contribution < -0.4 is 14.8 Å². The van der Waals surface area contributed by atoms with Gasteiger partial charge in [0.1, 0.15) is 5.65 Å². The van der Waals surface area contributed by atoms with Crippen molar-refractivity contribution in [1.82, 2.24) is 9.38 Å². The first kappa shape index (κ1) is 16.9. The molecule has 27 heavy (non-hydrogen) atoms. The molecule has 0 saturated carbocycles. The number of rotatable bonds is 4. The third kappa shape index (κ3) is 3.29. The lowest BCUT2D eigenvalue weighted by molar-refractivity contribution is -0.123. The molecule has 2 aromatic heterocycles. The highest BCUT2D eigenvalue weighted by Crippen LogP contribution is 2.34. The Kier molecular flexibility index (Phi) is 4.15. The topological polar surface area (TPSA) is 91.2 Å². The van der Waals surface area contributed by atoms with E-state index in [1.807, 2.05) is 19.1 Å². The molecule has 0 fully saturated rings. The zero-order valence-corrected chi connectivity index (χ0v) is 14.8. The van der Waals surface area contributed by atoms with Crippen molar-refractivity contribution in [3.05, 3.63) is 54.0 Å². The Morgan fingerprint density at radius 3 is 2.85 bits per heavy atom. The van der Waals surface area contributed by atoms with Gasteiger partial charge in [0.15, 0.2) is 23.3 Å². The van der Waals surface area contributed by atoms with Crippen molar-refractivity contribution in [2.75, 3.05) is 12.1 Å². The molecule has 1 atom stereocenters. The number of pyridine rings is 1. The summed E-state index contributed by atoms with van der Waals surface area (Å²) in [5.74, 6) is 0.0562. The molecule has 1 N–H and O–H groups in total. The Hall–Kier alpha value is -3.55. The molecule has 0 radical (unpaired) electrons. The Morgan fingerprint density at radius 2 is 2.04 bits per heavy atom. The number of anilines is 1. The number of carbonyl (C=O) groups is 2. The Labute approximate surface area is 154 Å². The number of fused-ring (bicyclic) bond motifs is 2. The number of aromatic nitrogens is 2.